The second-order valence-electron chi connectivity index (χ2n) is 8.01. The highest BCUT2D eigenvalue weighted by Crippen LogP contribution is 2.28. The van der Waals surface area contributed by atoms with Gasteiger partial charge in [-0.3, -0.25) is 14.6 Å². The van der Waals surface area contributed by atoms with Crippen molar-refractivity contribution in [2.45, 2.75) is 38.5 Å². The SMILES string of the molecule is Cc1ccc([C@H](C)C(=O)N2CCC[C@H](c3nc(-c4ccncc4)cc(=O)[nH]3)C2)cc1. The first-order valence-corrected chi connectivity index (χ1v) is 10.4. The van der Waals surface area contributed by atoms with E-state index in [1.165, 1.54) is 11.6 Å². The number of hydrogen-bond acceptors (Lipinski definition) is 4. The molecule has 1 N–H and O–H groups in total. The van der Waals surface area contributed by atoms with E-state index in [9.17, 15) is 9.59 Å². The molecule has 6 heteroatoms. The number of nitrogens with one attached hydrogen (secondary N) is 1. The number of benzene rings is 1. The fraction of sp³-hybridized carbons (Fsp3) is 0.333. The maximum absolute atomic E-state index is 13.1. The molecule has 0 radical (unpaired) electrons. The summed E-state index contributed by atoms with van der Waals surface area (Å²) in [7, 11) is 0. The molecule has 0 saturated carbocycles. The topological polar surface area (TPSA) is 79.0 Å². The lowest BCUT2D eigenvalue weighted by atomic mass is 9.93. The van der Waals surface area contributed by atoms with Gasteiger partial charge in [-0.05, 0) is 44.4 Å². The molecule has 0 spiro atoms. The number of aromatic amines is 1. The van der Waals surface area contributed by atoms with Gasteiger partial charge in [0.2, 0.25) is 5.91 Å². The van der Waals surface area contributed by atoms with E-state index in [1.807, 2.05) is 55.1 Å². The lowest BCUT2D eigenvalue weighted by Crippen LogP contribution is -2.41. The molecule has 2 atom stereocenters. The van der Waals surface area contributed by atoms with E-state index >= 15 is 0 Å². The molecule has 1 amide bonds. The Labute approximate surface area is 176 Å². The maximum atomic E-state index is 13.1. The number of piperidine rings is 1. The smallest absolute Gasteiger partial charge is 0.251 e. The minimum absolute atomic E-state index is 0.0161. The van der Waals surface area contributed by atoms with Crippen LogP contribution in [0.1, 0.15) is 48.6 Å². The van der Waals surface area contributed by atoms with E-state index in [4.69, 9.17) is 4.98 Å². The van der Waals surface area contributed by atoms with Gasteiger partial charge in [0.25, 0.3) is 5.56 Å². The molecule has 2 aromatic heterocycles. The number of aromatic nitrogens is 3. The van der Waals surface area contributed by atoms with Crippen LogP contribution in [-0.2, 0) is 4.79 Å². The monoisotopic (exact) mass is 402 g/mol. The Balaban J connectivity index is 1.54. The highest BCUT2D eigenvalue weighted by Gasteiger charge is 2.29. The molecule has 1 aliphatic rings. The van der Waals surface area contributed by atoms with Crippen LogP contribution in [-0.4, -0.2) is 38.8 Å². The lowest BCUT2D eigenvalue weighted by molar-refractivity contribution is -0.133. The number of carbonyl (C=O) groups excluding carboxylic acids is 1. The molecule has 4 rings (SSSR count). The van der Waals surface area contributed by atoms with Crippen LogP contribution in [0.25, 0.3) is 11.3 Å². The standard InChI is InChI=1S/C24H26N4O2/c1-16-5-7-18(8-6-16)17(2)24(30)28-13-3-4-20(15-28)23-26-21(14-22(29)27-23)19-9-11-25-12-10-19/h5-12,14,17,20H,3-4,13,15H2,1-2H3,(H,26,27,29)/t17-,20-/m0/s1. The first-order chi connectivity index (χ1) is 14.5. The second kappa shape index (κ2) is 8.61. The van der Waals surface area contributed by atoms with Crippen molar-refractivity contribution in [3.8, 4) is 11.3 Å². The molecule has 0 unspecified atom stereocenters. The number of nitrogens with zero attached hydrogens (tertiary/aromatic N) is 3. The summed E-state index contributed by atoms with van der Waals surface area (Å²) in [6, 6.07) is 13.3. The minimum Gasteiger partial charge on any atom is -0.341 e. The fourth-order valence-electron chi connectivity index (χ4n) is 4.01. The number of amides is 1. The van der Waals surface area contributed by atoms with Crippen LogP contribution in [0.3, 0.4) is 0 Å². The van der Waals surface area contributed by atoms with E-state index in [1.54, 1.807) is 12.4 Å². The summed E-state index contributed by atoms with van der Waals surface area (Å²) >= 11 is 0. The molecule has 1 saturated heterocycles. The van der Waals surface area contributed by atoms with E-state index in [-0.39, 0.29) is 23.3 Å². The Hall–Kier alpha value is -3.28. The number of likely N-dealkylation sites (tertiary alicyclic amines) is 1. The van der Waals surface area contributed by atoms with Crippen molar-refractivity contribution >= 4 is 5.91 Å². The third kappa shape index (κ3) is 4.32. The van der Waals surface area contributed by atoms with E-state index in [2.05, 4.69) is 9.97 Å². The number of hydrogen-bond donors (Lipinski definition) is 1. The van der Waals surface area contributed by atoms with E-state index in [0.717, 1.165) is 30.5 Å². The van der Waals surface area contributed by atoms with Gasteiger partial charge < -0.3 is 9.88 Å². The molecule has 3 heterocycles. The van der Waals surface area contributed by atoms with Crippen LogP contribution < -0.4 is 5.56 Å². The lowest BCUT2D eigenvalue weighted by Gasteiger charge is -2.34. The molecular weight excluding hydrogens is 376 g/mol. The first kappa shape index (κ1) is 20.0. The summed E-state index contributed by atoms with van der Waals surface area (Å²) in [4.78, 5) is 39.0. The molecule has 1 aliphatic heterocycles. The van der Waals surface area contributed by atoms with Gasteiger partial charge in [0.05, 0.1) is 11.6 Å². The number of pyridine rings is 1. The van der Waals surface area contributed by atoms with Crippen LogP contribution in [0.15, 0.2) is 59.7 Å². The van der Waals surface area contributed by atoms with E-state index in [0.29, 0.717) is 18.1 Å². The van der Waals surface area contributed by atoms with Gasteiger partial charge >= 0.3 is 0 Å². The number of carbonyl (C=O) groups is 1. The van der Waals surface area contributed by atoms with Crippen molar-refractivity contribution < 1.29 is 4.79 Å². The van der Waals surface area contributed by atoms with Crippen LogP contribution in [0.4, 0.5) is 0 Å². The highest BCUT2D eigenvalue weighted by molar-refractivity contribution is 5.83. The van der Waals surface area contributed by atoms with Crippen molar-refractivity contribution in [3.05, 3.63) is 82.2 Å². The Morgan fingerprint density at radius 1 is 1.17 bits per heavy atom. The molecule has 1 aromatic carbocycles. The summed E-state index contributed by atoms with van der Waals surface area (Å²) in [6.07, 6.45) is 5.16. The third-order valence-electron chi connectivity index (χ3n) is 5.80. The average molecular weight is 402 g/mol. The zero-order chi connectivity index (χ0) is 21.1. The zero-order valence-electron chi connectivity index (χ0n) is 17.3. The van der Waals surface area contributed by atoms with Gasteiger partial charge in [0.15, 0.2) is 0 Å². The number of rotatable bonds is 4. The average Bonchev–Trinajstić information content (AvgIpc) is 2.79. The molecule has 30 heavy (non-hydrogen) atoms. The molecule has 6 nitrogen and oxygen atoms in total. The molecule has 154 valence electrons. The Morgan fingerprint density at radius 3 is 2.63 bits per heavy atom. The van der Waals surface area contributed by atoms with Crippen LogP contribution in [0, 0.1) is 6.92 Å². The van der Waals surface area contributed by atoms with Gasteiger partial charge in [0.1, 0.15) is 5.82 Å². The zero-order valence-corrected chi connectivity index (χ0v) is 17.3. The predicted molar refractivity (Wildman–Crippen MR) is 116 cm³/mol. The molecule has 0 bridgehead atoms. The van der Waals surface area contributed by atoms with Crippen molar-refractivity contribution in [1.82, 2.24) is 19.9 Å². The van der Waals surface area contributed by atoms with Gasteiger partial charge in [-0.1, -0.05) is 29.8 Å². The van der Waals surface area contributed by atoms with Crippen LogP contribution in [0.2, 0.25) is 0 Å². The summed E-state index contributed by atoms with van der Waals surface area (Å²) in [6.45, 7) is 5.30. The summed E-state index contributed by atoms with van der Waals surface area (Å²) < 4.78 is 0. The third-order valence-corrected chi connectivity index (χ3v) is 5.80. The maximum Gasteiger partial charge on any atom is 0.251 e. The quantitative estimate of drug-likeness (QED) is 0.722. The van der Waals surface area contributed by atoms with Gasteiger partial charge in [0, 0.05) is 43.0 Å². The van der Waals surface area contributed by atoms with E-state index < -0.39 is 0 Å². The van der Waals surface area contributed by atoms with Crippen LogP contribution in [0.5, 0.6) is 0 Å². The van der Waals surface area contributed by atoms with Crippen molar-refractivity contribution in [2.24, 2.45) is 0 Å². The fourth-order valence-corrected chi connectivity index (χ4v) is 4.01. The largest absolute Gasteiger partial charge is 0.341 e. The van der Waals surface area contributed by atoms with Crippen molar-refractivity contribution in [1.29, 1.82) is 0 Å². The summed E-state index contributed by atoms with van der Waals surface area (Å²) in [5, 5.41) is 0. The van der Waals surface area contributed by atoms with Gasteiger partial charge in [-0.25, -0.2) is 4.98 Å². The Bertz CT molecular complexity index is 1080. The Morgan fingerprint density at radius 2 is 1.90 bits per heavy atom. The normalized spacial score (nSPS) is 17.5. The van der Waals surface area contributed by atoms with Gasteiger partial charge in [-0.15, -0.1) is 0 Å². The van der Waals surface area contributed by atoms with Crippen molar-refractivity contribution in [2.75, 3.05) is 13.1 Å². The summed E-state index contributed by atoms with van der Waals surface area (Å²) in [5.74, 6) is 0.591. The molecular formula is C24H26N4O2. The van der Waals surface area contributed by atoms with Crippen molar-refractivity contribution in [3.63, 3.8) is 0 Å². The van der Waals surface area contributed by atoms with Gasteiger partial charge in [-0.2, -0.15) is 0 Å². The molecule has 3 aromatic rings. The first-order valence-electron chi connectivity index (χ1n) is 10.4. The molecule has 1 fully saturated rings. The predicted octanol–water partition coefficient (Wildman–Crippen LogP) is 3.65. The summed E-state index contributed by atoms with van der Waals surface area (Å²) in [5.41, 5.74) is 3.52. The number of H-pyrrole nitrogens is 1. The second-order valence-corrected chi connectivity index (χ2v) is 8.01. The van der Waals surface area contributed by atoms with Crippen LogP contribution >= 0.6 is 0 Å². The minimum atomic E-state index is -0.195. The number of aryl methyl sites for hydroxylation is 1. The Kier molecular flexibility index (Phi) is 5.74. The molecule has 0 aliphatic carbocycles. The highest BCUT2D eigenvalue weighted by atomic mass is 16.2.